The predicted octanol–water partition coefficient (Wildman–Crippen LogP) is 3.01. The number of rotatable bonds is 3. The molecule has 1 aromatic carbocycles. The quantitative estimate of drug-likeness (QED) is 0.834. The molecule has 0 aromatic heterocycles. The fraction of sp³-hybridized carbons (Fsp3) is 0.400. The van der Waals surface area contributed by atoms with Gasteiger partial charge in [0.05, 0.1) is 4.47 Å². The lowest BCUT2D eigenvalue weighted by Gasteiger charge is -2.08. The smallest absolute Gasteiger partial charge is 0.143 e. The molecule has 0 aliphatic carbocycles. The summed E-state index contributed by atoms with van der Waals surface area (Å²) in [4.78, 5) is 0. The van der Waals surface area contributed by atoms with Crippen LogP contribution in [0.3, 0.4) is 0 Å². The fourth-order valence-corrected chi connectivity index (χ4v) is 1.54. The standard InChI is InChI=1S/C10H12BrF2N/c1-6(14)2-3-7-9(12)5-4-8(11)10(7)13/h4-6H,2-3,14H2,1H3. The number of nitrogens with two attached hydrogens (primary N) is 1. The highest BCUT2D eigenvalue weighted by Gasteiger charge is 2.12. The summed E-state index contributed by atoms with van der Waals surface area (Å²) in [5, 5.41) is 0. The SMILES string of the molecule is CC(N)CCc1c(F)ccc(Br)c1F. The van der Waals surface area contributed by atoms with Crippen LogP contribution in [0.1, 0.15) is 18.9 Å². The van der Waals surface area contributed by atoms with Crippen molar-refractivity contribution in [1.82, 2.24) is 0 Å². The molecule has 14 heavy (non-hydrogen) atoms. The molecule has 1 aromatic rings. The molecule has 0 bridgehead atoms. The summed E-state index contributed by atoms with van der Waals surface area (Å²) >= 11 is 3.01. The van der Waals surface area contributed by atoms with Crippen LogP contribution in [0.2, 0.25) is 0 Å². The maximum Gasteiger partial charge on any atom is 0.143 e. The van der Waals surface area contributed by atoms with Crippen LogP contribution in [-0.4, -0.2) is 6.04 Å². The van der Waals surface area contributed by atoms with Gasteiger partial charge in [-0.2, -0.15) is 0 Å². The Labute approximate surface area is 90.4 Å². The van der Waals surface area contributed by atoms with Crippen molar-refractivity contribution < 1.29 is 8.78 Å². The second kappa shape index (κ2) is 4.84. The Morgan fingerprint density at radius 3 is 2.64 bits per heavy atom. The van der Waals surface area contributed by atoms with E-state index in [1.165, 1.54) is 12.1 Å². The van der Waals surface area contributed by atoms with Gasteiger partial charge in [0.15, 0.2) is 0 Å². The summed E-state index contributed by atoms with van der Waals surface area (Å²) in [6, 6.07) is 2.57. The molecule has 78 valence electrons. The molecule has 0 radical (unpaired) electrons. The summed E-state index contributed by atoms with van der Waals surface area (Å²) in [5.41, 5.74) is 5.63. The van der Waals surface area contributed by atoms with Gasteiger partial charge >= 0.3 is 0 Å². The molecular formula is C10H12BrF2N. The Balaban J connectivity index is 2.89. The maximum atomic E-state index is 13.4. The first-order valence-corrected chi connectivity index (χ1v) is 5.19. The molecule has 0 saturated carbocycles. The second-order valence-electron chi connectivity index (χ2n) is 3.34. The van der Waals surface area contributed by atoms with Crippen LogP contribution >= 0.6 is 15.9 Å². The molecule has 0 heterocycles. The van der Waals surface area contributed by atoms with Crippen LogP contribution in [0, 0.1) is 11.6 Å². The Hall–Kier alpha value is -0.480. The Morgan fingerprint density at radius 2 is 2.07 bits per heavy atom. The largest absolute Gasteiger partial charge is 0.328 e. The lowest BCUT2D eigenvalue weighted by atomic mass is 10.1. The van der Waals surface area contributed by atoms with E-state index in [1.807, 2.05) is 6.92 Å². The van der Waals surface area contributed by atoms with Gasteiger partial charge in [0.1, 0.15) is 11.6 Å². The van der Waals surface area contributed by atoms with E-state index in [2.05, 4.69) is 15.9 Å². The molecule has 1 atom stereocenters. The molecular weight excluding hydrogens is 252 g/mol. The first kappa shape index (κ1) is 11.6. The third kappa shape index (κ3) is 2.75. The Kier molecular flexibility index (Phi) is 4.01. The van der Waals surface area contributed by atoms with Gasteiger partial charge in [-0.05, 0) is 47.8 Å². The number of hydrogen-bond acceptors (Lipinski definition) is 1. The average Bonchev–Trinajstić information content (AvgIpc) is 2.11. The van der Waals surface area contributed by atoms with Gasteiger partial charge in [-0.1, -0.05) is 0 Å². The number of halogens is 3. The third-order valence-corrected chi connectivity index (χ3v) is 2.60. The summed E-state index contributed by atoms with van der Waals surface area (Å²) in [6.45, 7) is 1.81. The summed E-state index contributed by atoms with van der Waals surface area (Å²) < 4.78 is 26.9. The van der Waals surface area contributed by atoms with Crippen LogP contribution in [0.25, 0.3) is 0 Å². The number of hydrogen-bond donors (Lipinski definition) is 1. The van der Waals surface area contributed by atoms with E-state index >= 15 is 0 Å². The fourth-order valence-electron chi connectivity index (χ4n) is 1.17. The van der Waals surface area contributed by atoms with Crippen molar-refractivity contribution in [2.75, 3.05) is 0 Å². The van der Waals surface area contributed by atoms with Crippen LogP contribution < -0.4 is 5.73 Å². The summed E-state index contributed by atoms with van der Waals surface area (Å²) in [7, 11) is 0. The van der Waals surface area contributed by atoms with Crippen molar-refractivity contribution in [3.63, 3.8) is 0 Å². The zero-order valence-electron chi connectivity index (χ0n) is 7.86. The van der Waals surface area contributed by atoms with E-state index in [-0.39, 0.29) is 11.6 Å². The Bertz CT molecular complexity index is 326. The molecule has 1 rings (SSSR count). The van der Waals surface area contributed by atoms with Gasteiger partial charge in [-0.25, -0.2) is 8.78 Å². The van der Waals surface area contributed by atoms with Crippen LogP contribution in [0.5, 0.6) is 0 Å². The average molecular weight is 264 g/mol. The molecule has 1 nitrogen and oxygen atoms in total. The summed E-state index contributed by atoms with van der Waals surface area (Å²) in [6.07, 6.45) is 0.902. The van der Waals surface area contributed by atoms with Crippen molar-refractivity contribution in [2.45, 2.75) is 25.8 Å². The molecule has 0 amide bonds. The van der Waals surface area contributed by atoms with E-state index in [1.54, 1.807) is 0 Å². The molecule has 4 heteroatoms. The maximum absolute atomic E-state index is 13.4. The highest BCUT2D eigenvalue weighted by atomic mass is 79.9. The molecule has 2 N–H and O–H groups in total. The van der Waals surface area contributed by atoms with Crippen LogP contribution in [-0.2, 0) is 6.42 Å². The van der Waals surface area contributed by atoms with Crippen LogP contribution in [0.15, 0.2) is 16.6 Å². The minimum atomic E-state index is -0.523. The molecule has 0 fully saturated rings. The topological polar surface area (TPSA) is 26.0 Å². The van der Waals surface area contributed by atoms with Crippen molar-refractivity contribution in [3.05, 3.63) is 33.8 Å². The van der Waals surface area contributed by atoms with Gasteiger partial charge in [-0.15, -0.1) is 0 Å². The molecule has 0 aliphatic rings. The van der Waals surface area contributed by atoms with Crippen molar-refractivity contribution >= 4 is 15.9 Å². The van der Waals surface area contributed by atoms with E-state index in [0.29, 0.717) is 17.3 Å². The van der Waals surface area contributed by atoms with Gasteiger partial charge in [0.2, 0.25) is 0 Å². The van der Waals surface area contributed by atoms with Crippen molar-refractivity contribution in [3.8, 4) is 0 Å². The molecule has 0 saturated heterocycles. The first-order chi connectivity index (χ1) is 6.52. The lowest BCUT2D eigenvalue weighted by Crippen LogP contribution is -2.16. The molecule has 0 aliphatic heterocycles. The highest BCUT2D eigenvalue weighted by molar-refractivity contribution is 9.10. The van der Waals surface area contributed by atoms with Gasteiger partial charge < -0.3 is 5.73 Å². The van der Waals surface area contributed by atoms with E-state index < -0.39 is 11.6 Å². The minimum absolute atomic E-state index is 0.0484. The van der Waals surface area contributed by atoms with E-state index in [4.69, 9.17) is 5.73 Å². The normalized spacial score (nSPS) is 12.9. The van der Waals surface area contributed by atoms with Gasteiger partial charge in [0.25, 0.3) is 0 Å². The van der Waals surface area contributed by atoms with Gasteiger partial charge in [0, 0.05) is 11.6 Å². The van der Waals surface area contributed by atoms with E-state index in [9.17, 15) is 8.78 Å². The monoisotopic (exact) mass is 263 g/mol. The summed E-state index contributed by atoms with van der Waals surface area (Å²) in [5.74, 6) is -1.03. The Morgan fingerprint density at radius 1 is 1.43 bits per heavy atom. The predicted molar refractivity (Wildman–Crippen MR) is 56.0 cm³/mol. The highest BCUT2D eigenvalue weighted by Crippen LogP contribution is 2.22. The van der Waals surface area contributed by atoms with Crippen molar-refractivity contribution in [1.29, 1.82) is 0 Å². The second-order valence-corrected chi connectivity index (χ2v) is 4.19. The molecule has 0 spiro atoms. The number of benzene rings is 1. The lowest BCUT2D eigenvalue weighted by molar-refractivity contribution is 0.536. The third-order valence-electron chi connectivity index (χ3n) is 1.99. The first-order valence-electron chi connectivity index (χ1n) is 4.40. The zero-order chi connectivity index (χ0) is 10.7. The zero-order valence-corrected chi connectivity index (χ0v) is 9.44. The molecule has 1 unspecified atom stereocenters. The van der Waals surface area contributed by atoms with Crippen LogP contribution in [0.4, 0.5) is 8.78 Å². The minimum Gasteiger partial charge on any atom is -0.328 e. The van der Waals surface area contributed by atoms with E-state index in [0.717, 1.165) is 0 Å². The van der Waals surface area contributed by atoms with Crippen molar-refractivity contribution in [2.24, 2.45) is 5.73 Å². The van der Waals surface area contributed by atoms with Gasteiger partial charge in [-0.3, -0.25) is 0 Å².